The lowest BCUT2D eigenvalue weighted by molar-refractivity contribution is -0.130. The summed E-state index contributed by atoms with van der Waals surface area (Å²) in [6.07, 6.45) is 0. The maximum Gasteiger partial charge on any atom is 0.355 e. The summed E-state index contributed by atoms with van der Waals surface area (Å²) < 4.78 is 9.33. The number of benzene rings is 3. The highest BCUT2D eigenvalue weighted by atomic mass is 32.2. The highest BCUT2D eigenvalue weighted by molar-refractivity contribution is 7.94. The molecule has 1 aliphatic rings. The number of thiol groups is 1. The molecule has 32 heavy (non-hydrogen) atoms. The van der Waals surface area contributed by atoms with Gasteiger partial charge in [-0.3, -0.25) is 4.79 Å². The highest BCUT2D eigenvalue weighted by Crippen LogP contribution is 2.39. The van der Waals surface area contributed by atoms with Crippen LogP contribution in [0.3, 0.4) is 0 Å². The average Bonchev–Trinajstić information content (AvgIpc) is 3.11. The minimum Gasteiger partial charge on any atom is -0.505 e. The van der Waals surface area contributed by atoms with Crippen molar-refractivity contribution in [1.29, 1.82) is 0 Å². The van der Waals surface area contributed by atoms with Crippen molar-refractivity contribution in [3.8, 4) is 5.75 Å². The molecule has 1 unspecified atom stereocenters. The number of amides is 1. The number of aliphatic carboxylic acids is 1. The van der Waals surface area contributed by atoms with E-state index in [2.05, 4.69) is 28.0 Å². The number of nitrogen functional groups attached to an aromatic ring is 1. The van der Waals surface area contributed by atoms with Crippen molar-refractivity contribution in [2.75, 3.05) is 10.7 Å². The molecule has 0 saturated carbocycles. The number of azo groups is 1. The maximum atomic E-state index is 12.8. The standard InChI is InChI=1S/C20H15N5O5S2/c21-15-14(32-30)8-9-7-10(1-6-13(9)18(15)26)22-23-16-17(20(28)29)24-25(19(16)27)11-2-4-12(31)5-3-11/h1-8,16,26,30-31H,21H2,(H,28,29). The van der Waals surface area contributed by atoms with Gasteiger partial charge in [0.15, 0.2) is 5.71 Å². The fraction of sp³-hybridized carbons (Fsp3) is 0.0500. The Kier molecular flexibility index (Phi) is 5.74. The summed E-state index contributed by atoms with van der Waals surface area (Å²) in [6.45, 7) is 0. The van der Waals surface area contributed by atoms with Gasteiger partial charge in [0.05, 0.1) is 22.0 Å². The predicted molar refractivity (Wildman–Crippen MR) is 123 cm³/mol. The number of phenolic OH excluding ortho intramolecular Hbond substituents is 1. The van der Waals surface area contributed by atoms with Crippen molar-refractivity contribution < 1.29 is 24.4 Å². The zero-order chi connectivity index (χ0) is 23.0. The van der Waals surface area contributed by atoms with Gasteiger partial charge in [0.1, 0.15) is 5.75 Å². The second-order valence-electron chi connectivity index (χ2n) is 6.71. The molecule has 4 rings (SSSR count). The van der Waals surface area contributed by atoms with Gasteiger partial charge < -0.3 is 20.5 Å². The van der Waals surface area contributed by atoms with Gasteiger partial charge in [-0.25, -0.2) is 4.79 Å². The van der Waals surface area contributed by atoms with E-state index in [4.69, 9.17) is 5.73 Å². The van der Waals surface area contributed by atoms with Crippen LogP contribution in [0.5, 0.6) is 5.75 Å². The van der Waals surface area contributed by atoms with Crippen LogP contribution in [0.4, 0.5) is 17.1 Å². The number of anilines is 2. The third kappa shape index (κ3) is 3.86. The molecule has 3 aromatic carbocycles. The smallest absolute Gasteiger partial charge is 0.355 e. The number of nitrogens with zero attached hydrogens (tertiary/aromatic N) is 4. The number of phenols is 1. The molecular weight excluding hydrogens is 454 g/mol. The van der Waals surface area contributed by atoms with Gasteiger partial charge in [-0.1, -0.05) is 0 Å². The number of rotatable bonds is 5. The normalized spacial score (nSPS) is 16.2. The van der Waals surface area contributed by atoms with E-state index >= 15 is 0 Å². The summed E-state index contributed by atoms with van der Waals surface area (Å²) in [5.41, 5.74) is 6.03. The number of hydrazone groups is 1. The van der Waals surface area contributed by atoms with Crippen molar-refractivity contribution in [3.63, 3.8) is 0 Å². The largest absolute Gasteiger partial charge is 0.505 e. The highest BCUT2D eigenvalue weighted by Gasteiger charge is 2.41. The van der Waals surface area contributed by atoms with E-state index in [1.165, 1.54) is 6.07 Å². The van der Waals surface area contributed by atoms with Crippen LogP contribution in [0.2, 0.25) is 0 Å². The molecule has 0 fully saturated rings. The summed E-state index contributed by atoms with van der Waals surface area (Å²) in [6, 6.07) is 11.2. The predicted octanol–water partition coefficient (Wildman–Crippen LogP) is 3.92. The summed E-state index contributed by atoms with van der Waals surface area (Å²) in [4.78, 5) is 25.4. The summed E-state index contributed by atoms with van der Waals surface area (Å²) in [5, 5.41) is 33.4. The molecule has 0 aromatic heterocycles. The van der Waals surface area contributed by atoms with Gasteiger partial charge in [-0.2, -0.15) is 20.3 Å². The van der Waals surface area contributed by atoms with Crippen LogP contribution in [-0.2, 0) is 9.59 Å². The molecule has 12 heteroatoms. The number of carbonyl (C=O) groups is 2. The Bertz CT molecular complexity index is 1310. The molecule has 10 nitrogen and oxygen atoms in total. The van der Waals surface area contributed by atoms with Gasteiger partial charge in [-0.05, 0) is 53.9 Å². The summed E-state index contributed by atoms with van der Waals surface area (Å²) in [7, 11) is 0. The molecule has 1 aliphatic heterocycles. The molecule has 0 radical (unpaired) electrons. The van der Waals surface area contributed by atoms with E-state index in [0.717, 1.165) is 5.01 Å². The van der Waals surface area contributed by atoms with Crippen LogP contribution in [0.1, 0.15) is 0 Å². The van der Waals surface area contributed by atoms with E-state index in [0.29, 0.717) is 39.1 Å². The Morgan fingerprint density at radius 2 is 1.91 bits per heavy atom. The molecule has 1 amide bonds. The minimum absolute atomic E-state index is 0.0456. The molecule has 5 N–H and O–H groups in total. The number of carboxylic acids is 1. The zero-order valence-electron chi connectivity index (χ0n) is 16.1. The van der Waals surface area contributed by atoms with E-state index in [9.17, 15) is 24.4 Å². The third-order valence-corrected chi connectivity index (χ3v) is 5.54. The first kappa shape index (κ1) is 21.6. The SMILES string of the molecule is Nc1c(SO)cc2cc(N=NC3C(=O)N(c4ccc(S)cc4)N=C3C(=O)O)ccc2c1O. The van der Waals surface area contributed by atoms with Crippen LogP contribution in [0.25, 0.3) is 10.8 Å². The Labute approximate surface area is 190 Å². The van der Waals surface area contributed by atoms with E-state index in [-0.39, 0.29) is 16.3 Å². The van der Waals surface area contributed by atoms with Gasteiger partial charge in [-0.15, -0.1) is 12.6 Å². The second kappa shape index (κ2) is 8.49. The van der Waals surface area contributed by atoms with Crippen molar-refractivity contribution >= 4 is 70.1 Å². The number of carbonyl (C=O) groups excluding carboxylic acids is 1. The van der Waals surface area contributed by atoms with Crippen LogP contribution >= 0.6 is 24.7 Å². The van der Waals surface area contributed by atoms with Gasteiger partial charge in [0.2, 0.25) is 6.04 Å². The number of aromatic hydroxyl groups is 1. The van der Waals surface area contributed by atoms with Crippen LogP contribution in [-0.4, -0.2) is 38.4 Å². The number of fused-ring (bicyclic) bond motifs is 1. The Morgan fingerprint density at radius 3 is 2.56 bits per heavy atom. The minimum atomic E-state index is -1.43. The summed E-state index contributed by atoms with van der Waals surface area (Å²) in [5.74, 6) is -2.24. The molecule has 0 bridgehead atoms. The molecule has 3 aromatic rings. The molecule has 1 atom stereocenters. The number of hydrogen-bond acceptors (Lipinski definition) is 10. The van der Waals surface area contributed by atoms with E-state index in [1.54, 1.807) is 42.5 Å². The second-order valence-corrected chi connectivity index (χ2v) is 7.85. The van der Waals surface area contributed by atoms with Crippen molar-refractivity contribution in [3.05, 3.63) is 48.5 Å². The molecule has 0 aliphatic carbocycles. The number of nitrogens with two attached hydrogens (primary N) is 1. The topological polar surface area (TPSA) is 161 Å². The first-order chi connectivity index (χ1) is 15.3. The number of carboxylic acid groups (broad SMARTS) is 1. The van der Waals surface area contributed by atoms with Gasteiger partial charge >= 0.3 is 5.97 Å². The lowest BCUT2D eigenvalue weighted by atomic mass is 10.1. The Balaban J connectivity index is 1.67. The van der Waals surface area contributed by atoms with Crippen molar-refractivity contribution in [2.24, 2.45) is 15.3 Å². The first-order valence-corrected chi connectivity index (χ1v) is 10.2. The lowest BCUT2D eigenvalue weighted by Gasteiger charge is -2.12. The monoisotopic (exact) mass is 469 g/mol. The molecule has 0 saturated heterocycles. The van der Waals surface area contributed by atoms with Crippen LogP contribution in [0.15, 0.2) is 73.7 Å². The van der Waals surface area contributed by atoms with E-state index in [1.807, 2.05) is 0 Å². The van der Waals surface area contributed by atoms with Crippen molar-refractivity contribution in [2.45, 2.75) is 15.8 Å². The average molecular weight is 470 g/mol. The van der Waals surface area contributed by atoms with Crippen LogP contribution < -0.4 is 10.7 Å². The quantitative estimate of drug-likeness (QED) is 0.124. The number of hydrogen-bond donors (Lipinski definition) is 5. The fourth-order valence-corrected chi connectivity index (χ4v) is 3.64. The third-order valence-electron chi connectivity index (χ3n) is 4.71. The van der Waals surface area contributed by atoms with E-state index < -0.39 is 23.6 Å². The molecule has 0 spiro atoms. The van der Waals surface area contributed by atoms with Crippen molar-refractivity contribution in [1.82, 2.24) is 0 Å². The van der Waals surface area contributed by atoms with Crippen LogP contribution in [0, 0.1) is 0 Å². The first-order valence-electron chi connectivity index (χ1n) is 9.02. The lowest BCUT2D eigenvalue weighted by Crippen LogP contribution is -2.32. The summed E-state index contributed by atoms with van der Waals surface area (Å²) >= 11 is 4.58. The molecule has 162 valence electrons. The van der Waals surface area contributed by atoms with Gasteiger partial charge in [0.25, 0.3) is 5.91 Å². The molecular formula is C20H15N5O5S2. The maximum absolute atomic E-state index is 12.8. The molecule has 1 heterocycles. The van der Waals surface area contributed by atoms with Gasteiger partial charge in [0, 0.05) is 22.3 Å². The Hall–Kier alpha value is -3.61. The Morgan fingerprint density at radius 1 is 1.19 bits per heavy atom. The fourth-order valence-electron chi connectivity index (χ4n) is 3.12. The zero-order valence-corrected chi connectivity index (χ0v) is 17.8.